The van der Waals surface area contributed by atoms with E-state index < -0.39 is 5.97 Å². The summed E-state index contributed by atoms with van der Waals surface area (Å²) in [5.41, 5.74) is 11.0. The molecule has 0 unspecified atom stereocenters. The second-order valence-electron chi connectivity index (χ2n) is 2.78. The van der Waals surface area contributed by atoms with E-state index in [1.54, 1.807) is 0 Å². The zero-order chi connectivity index (χ0) is 9.40. The molecular formula is C7H14N3O2+. The second-order valence-corrected chi connectivity index (χ2v) is 2.78. The second kappa shape index (κ2) is 6.49. The Bertz CT molecular complexity index is 169. The van der Waals surface area contributed by atoms with Crippen molar-refractivity contribution >= 4 is 5.97 Å². The minimum Gasteiger partial charge on any atom is -0.481 e. The van der Waals surface area contributed by atoms with E-state index in [0.717, 1.165) is 25.7 Å². The highest BCUT2D eigenvalue weighted by molar-refractivity contribution is 5.69. The monoisotopic (exact) mass is 172 g/mol. The van der Waals surface area contributed by atoms with Crippen LogP contribution >= 0.6 is 0 Å². The number of nitrogens with one attached hydrogen (secondary N) is 2. The molecule has 12 heavy (non-hydrogen) atoms. The molecule has 0 aliphatic heterocycles. The molecule has 68 valence electrons. The fourth-order valence-corrected chi connectivity index (χ4v) is 1.35. The predicted molar refractivity (Wildman–Crippen MR) is 41.8 cm³/mol. The lowest BCUT2D eigenvalue weighted by molar-refractivity contribution is -0.142. The lowest BCUT2D eigenvalue weighted by Crippen LogP contribution is -2.16. The van der Waals surface area contributed by atoms with Crippen molar-refractivity contribution in [2.75, 3.05) is 0 Å². The highest BCUT2D eigenvalue weighted by Crippen LogP contribution is 2.23. The van der Waals surface area contributed by atoms with Crippen molar-refractivity contribution in [1.29, 1.82) is 11.1 Å². The maximum absolute atomic E-state index is 10.4. The third kappa shape index (κ3) is 4.57. The molecule has 1 saturated carbocycles. The number of nitrogens with zero attached hydrogens (tertiary/aromatic N) is 1. The third-order valence-electron chi connectivity index (χ3n) is 1.95. The summed E-state index contributed by atoms with van der Waals surface area (Å²) >= 11 is 0. The molecule has 5 nitrogen and oxygen atoms in total. The molecule has 1 aliphatic carbocycles. The summed E-state index contributed by atoms with van der Waals surface area (Å²) in [6.07, 6.45) is 5.24. The first-order chi connectivity index (χ1) is 5.72. The summed E-state index contributed by atoms with van der Waals surface area (Å²) < 4.78 is 0. The number of carboxylic acid groups (broad SMARTS) is 1. The van der Waals surface area contributed by atoms with E-state index in [1.807, 2.05) is 4.91 Å². The minimum absolute atomic E-state index is 0.0289. The normalized spacial score (nSPS) is 17.0. The van der Waals surface area contributed by atoms with Crippen LogP contribution in [0.4, 0.5) is 0 Å². The van der Waals surface area contributed by atoms with Gasteiger partial charge in [-0.2, -0.15) is 0 Å². The molecule has 0 atom stereocenters. The first-order valence-corrected chi connectivity index (χ1v) is 3.98. The van der Waals surface area contributed by atoms with Gasteiger partial charge in [-0.15, -0.1) is 0 Å². The molecule has 1 fully saturated rings. The SMILES string of the molecule is N=[N+]=N.O=C(O)C1CCCCC1. The van der Waals surface area contributed by atoms with Crippen LogP contribution in [-0.2, 0) is 4.79 Å². The summed E-state index contributed by atoms with van der Waals surface area (Å²) in [5.74, 6) is -0.631. The molecule has 1 rings (SSSR count). The largest absolute Gasteiger partial charge is 0.481 e. The van der Waals surface area contributed by atoms with Crippen molar-refractivity contribution in [3.63, 3.8) is 0 Å². The van der Waals surface area contributed by atoms with E-state index in [4.69, 9.17) is 16.2 Å². The maximum Gasteiger partial charge on any atom is 0.306 e. The van der Waals surface area contributed by atoms with Crippen molar-refractivity contribution in [3.8, 4) is 0 Å². The molecule has 0 saturated heterocycles. The Morgan fingerprint density at radius 3 is 1.92 bits per heavy atom. The van der Waals surface area contributed by atoms with Crippen molar-refractivity contribution in [2.24, 2.45) is 5.92 Å². The molecular weight excluding hydrogens is 158 g/mol. The summed E-state index contributed by atoms with van der Waals surface area (Å²) in [6, 6.07) is 0. The lowest BCUT2D eigenvalue weighted by atomic mass is 9.90. The van der Waals surface area contributed by atoms with Crippen LogP contribution in [0.25, 0.3) is 0 Å². The average Bonchev–Trinajstić information content (AvgIpc) is 2.07. The van der Waals surface area contributed by atoms with Crippen LogP contribution in [-0.4, -0.2) is 11.1 Å². The Labute approximate surface area is 70.8 Å². The van der Waals surface area contributed by atoms with Gasteiger partial charge in [0.15, 0.2) is 0 Å². The molecule has 0 heterocycles. The zero-order valence-electron chi connectivity index (χ0n) is 6.92. The van der Waals surface area contributed by atoms with Crippen LogP contribution in [0, 0.1) is 17.0 Å². The quantitative estimate of drug-likeness (QED) is 0.414. The Kier molecular flexibility index (Phi) is 5.83. The van der Waals surface area contributed by atoms with E-state index in [9.17, 15) is 4.79 Å². The van der Waals surface area contributed by atoms with Gasteiger partial charge in [0, 0.05) is 0 Å². The molecule has 0 aromatic heterocycles. The molecule has 0 aromatic rings. The topological polar surface area (TPSA) is 99.1 Å². The van der Waals surface area contributed by atoms with Crippen LogP contribution in [0.3, 0.4) is 0 Å². The van der Waals surface area contributed by atoms with Gasteiger partial charge in [0.2, 0.25) is 4.91 Å². The van der Waals surface area contributed by atoms with E-state index in [2.05, 4.69) is 0 Å². The zero-order valence-corrected chi connectivity index (χ0v) is 6.92. The minimum atomic E-state index is -0.602. The summed E-state index contributed by atoms with van der Waals surface area (Å²) in [5, 5.41) is 8.54. The standard InChI is InChI=1S/C7H12O2.H2N3/c8-7(9)6-4-2-1-3-5-6;1-3-2/h6H,1-5H2,(H,8,9);1-2H/q;+1. The molecule has 0 bridgehead atoms. The Morgan fingerprint density at radius 1 is 1.25 bits per heavy atom. The first-order valence-electron chi connectivity index (χ1n) is 3.98. The van der Waals surface area contributed by atoms with Gasteiger partial charge < -0.3 is 5.11 Å². The van der Waals surface area contributed by atoms with Gasteiger partial charge in [-0.3, -0.25) is 4.79 Å². The van der Waals surface area contributed by atoms with Crippen LogP contribution in [0.5, 0.6) is 0 Å². The van der Waals surface area contributed by atoms with Gasteiger partial charge >= 0.3 is 5.97 Å². The van der Waals surface area contributed by atoms with Gasteiger partial charge in [0.25, 0.3) is 0 Å². The Balaban J connectivity index is 0.000000354. The first kappa shape index (κ1) is 10.8. The van der Waals surface area contributed by atoms with E-state index in [1.165, 1.54) is 6.42 Å². The van der Waals surface area contributed by atoms with Crippen LogP contribution in [0.1, 0.15) is 32.1 Å². The molecule has 3 N–H and O–H groups in total. The third-order valence-corrected chi connectivity index (χ3v) is 1.95. The molecule has 0 aromatic carbocycles. The maximum atomic E-state index is 10.4. The number of aliphatic carboxylic acids is 1. The van der Waals surface area contributed by atoms with Gasteiger partial charge in [-0.1, -0.05) is 19.3 Å². The fourth-order valence-electron chi connectivity index (χ4n) is 1.35. The van der Waals surface area contributed by atoms with Gasteiger partial charge in [0.1, 0.15) is 11.1 Å². The van der Waals surface area contributed by atoms with Crippen LogP contribution in [0.2, 0.25) is 0 Å². The number of carbonyl (C=O) groups is 1. The van der Waals surface area contributed by atoms with Gasteiger partial charge in [0.05, 0.1) is 5.92 Å². The summed E-state index contributed by atoms with van der Waals surface area (Å²) in [7, 11) is 0. The van der Waals surface area contributed by atoms with Crippen LogP contribution in [0.15, 0.2) is 0 Å². The van der Waals surface area contributed by atoms with Crippen molar-refractivity contribution in [2.45, 2.75) is 32.1 Å². The summed E-state index contributed by atoms with van der Waals surface area (Å²) in [4.78, 5) is 12.4. The molecule has 0 radical (unpaired) electrons. The van der Waals surface area contributed by atoms with Crippen LogP contribution < -0.4 is 4.91 Å². The smallest absolute Gasteiger partial charge is 0.306 e. The molecule has 0 spiro atoms. The highest BCUT2D eigenvalue weighted by atomic mass is 16.4. The Morgan fingerprint density at radius 2 is 1.67 bits per heavy atom. The number of rotatable bonds is 1. The highest BCUT2D eigenvalue weighted by Gasteiger charge is 2.19. The van der Waals surface area contributed by atoms with Crippen molar-refractivity contribution < 1.29 is 9.90 Å². The lowest BCUT2D eigenvalue weighted by Gasteiger charge is -2.16. The van der Waals surface area contributed by atoms with Crippen molar-refractivity contribution in [3.05, 3.63) is 0 Å². The number of hydrogen-bond donors (Lipinski definition) is 3. The number of hydrogen-bond acceptors (Lipinski definition) is 3. The van der Waals surface area contributed by atoms with Gasteiger partial charge in [-0.25, -0.2) is 0 Å². The molecule has 5 heteroatoms. The molecule has 0 amide bonds. The van der Waals surface area contributed by atoms with E-state index in [-0.39, 0.29) is 5.92 Å². The molecule has 1 aliphatic rings. The van der Waals surface area contributed by atoms with Crippen molar-refractivity contribution in [1.82, 2.24) is 4.91 Å². The average molecular weight is 172 g/mol. The summed E-state index contributed by atoms with van der Waals surface area (Å²) in [6.45, 7) is 0. The van der Waals surface area contributed by atoms with E-state index >= 15 is 0 Å². The Hall–Kier alpha value is -1.22. The van der Waals surface area contributed by atoms with Gasteiger partial charge in [-0.05, 0) is 12.8 Å². The number of carboxylic acids is 1. The van der Waals surface area contributed by atoms with E-state index in [0.29, 0.717) is 0 Å². The fraction of sp³-hybridized carbons (Fsp3) is 0.857. The predicted octanol–water partition coefficient (Wildman–Crippen LogP) is 1.77.